The summed E-state index contributed by atoms with van der Waals surface area (Å²) in [5.74, 6) is 1.94. The summed E-state index contributed by atoms with van der Waals surface area (Å²) in [5.41, 5.74) is 0.622. The van der Waals surface area contributed by atoms with E-state index in [0.717, 1.165) is 25.2 Å². The Morgan fingerprint density at radius 3 is 2.62 bits per heavy atom. The number of hydrogen-bond acceptors (Lipinski definition) is 3. The first-order chi connectivity index (χ1) is 12.3. The second-order valence-electron chi connectivity index (χ2n) is 7.30. The van der Waals surface area contributed by atoms with E-state index in [-0.39, 0.29) is 0 Å². The highest BCUT2D eigenvalue weighted by atomic mass is 35.5. The molecule has 0 atom stereocenters. The lowest BCUT2D eigenvalue weighted by Crippen LogP contribution is -2.39. The molecule has 2 aromatic rings. The van der Waals surface area contributed by atoms with Crippen molar-refractivity contribution in [1.29, 1.82) is 0 Å². The zero-order chi connectivity index (χ0) is 18.9. The van der Waals surface area contributed by atoms with Crippen molar-refractivity contribution in [2.45, 2.75) is 51.0 Å². The molecule has 0 amide bonds. The summed E-state index contributed by atoms with van der Waals surface area (Å²) in [6.07, 6.45) is 5.58. The van der Waals surface area contributed by atoms with E-state index in [1.54, 1.807) is 29.4 Å². The summed E-state index contributed by atoms with van der Waals surface area (Å²) in [6, 6.07) is 5.06. The van der Waals surface area contributed by atoms with E-state index in [0.29, 0.717) is 40.4 Å². The molecule has 1 saturated heterocycles. The third-order valence-corrected chi connectivity index (χ3v) is 7.58. The molecule has 1 aliphatic heterocycles. The first-order valence-electron chi connectivity index (χ1n) is 9.07. The average molecular weight is 396 g/mol. The Kier molecular flexibility index (Phi) is 5.75. The van der Waals surface area contributed by atoms with Crippen LogP contribution in [0.15, 0.2) is 35.5 Å². The fraction of sp³-hybridized carbons (Fsp3) is 0.526. The van der Waals surface area contributed by atoms with Crippen molar-refractivity contribution in [2.24, 2.45) is 5.92 Å². The van der Waals surface area contributed by atoms with Crippen LogP contribution in [-0.4, -0.2) is 35.4 Å². The lowest BCUT2D eigenvalue weighted by Gasteiger charge is -2.32. The van der Waals surface area contributed by atoms with Gasteiger partial charge in [0.05, 0.1) is 4.90 Å². The maximum atomic E-state index is 13.0. The molecule has 0 saturated carbocycles. The molecule has 1 aromatic carbocycles. The van der Waals surface area contributed by atoms with Gasteiger partial charge in [0.25, 0.3) is 0 Å². The zero-order valence-corrected chi connectivity index (χ0v) is 17.1. The fourth-order valence-electron chi connectivity index (χ4n) is 3.59. The molecule has 0 spiro atoms. The number of nitrogens with zero attached hydrogens (tertiary/aromatic N) is 3. The van der Waals surface area contributed by atoms with Crippen molar-refractivity contribution in [3.8, 4) is 0 Å². The molecule has 0 radical (unpaired) electrons. The lowest BCUT2D eigenvalue weighted by atomic mass is 9.98. The molecule has 142 valence electrons. The quantitative estimate of drug-likeness (QED) is 0.766. The molecule has 1 aliphatic rings. The second-order valence-corrected chi connectivity index (χ2v) is 9.62. The first kappa shape index (κ1) is 19.4. The molecule has 0 N–H and O–H groups in total. The van der Waals surface area contributed by atoms with Gasteiger partial charge in [-0.2, -0.15) is 4.31 Å². The van der Waals surface area contributed by atoms with E-state index >= 15 is 0 Å². The predicted octanol–water partition coefficient (Wildman–Crippen LogP) is 4.07. The molecule has 0 aliphatic carbocycles. The van der Waals surface area contributed by atoms with Gasteiger partial charge >= 0.3 is 0 Å². The van der Waals surface area contributed by atoms with Gasteiger partial charge in [-0.1, -0.05) is 31.5 Å². The monoisotopic (exact) mass is 395 g/mol. The third kappa shape index (κ3) is 3.82. The number of imidazole rings is 1. The lowest BCUT2D eigenvalue weighted by molar-refractivity contribution is 0.251. The van der Waals surface area contributed by atoms with E-state index in [1.807, 2.05) is 12.4 Å². The van der Waals surface area contributed by atoms with Gasteiger partial charge in [0.15, 0.2) is 0 Å². The molecule has 0 bridgehead atoms. The van der Waals surface area contributed by atoms with Crippen molar-refractivity contribution < 1.29 is 8.42 Å². The molecule has 5 nitrogen and oxygen atoms in total. The van der Waals surface area contributed by atoms with Crippen molar-refractivity contribution in [3.63, 3.8) is 0 Å². The number of piperidine rings is 1. The third-order valence-electron chi connectivity index (χ3n) is 5.13. The number of benzene rings is 1. The Balaban J connectivity index is 1.68. The Bertz CT molecular complexity index is 869. The largest absolute Gasteiger partial charge is 0.334 e. The molecular weight excluding hydrogens is 370 g/mol. The minimum Gasteiger partial charge on any atom is -0.334 e. The molecule has 26 heavy (non-hydrogen) atoms. The van der Waals surface area contributed by atoms with Crippen molar-refractivity contribution in [1.82, 2.24) is 13.9 Å². The molecule has 1 fully saturated rings. The number of rotatable bonds is 5. The summed E-state index contributed by atoms with van der Waals surface area (Å²) >= 11 is 6.11. The SMILES string of the molecule is Cc1c(Cl)cccc1S(=O)(=O)N1CCC(Cn2ccnc2C(C)C)CC1. The summed E-state index contributed by atoms with van der Waals surface area (Å²) in [7, 11) is -3.49. The van der Waals surface area contributed by atoms with Crippen LogP contribution in [0.25, 0.3) is 0 Å². The van der Waals surface area contributed by atoms with Gasteiger partial charge < -0.3 is 4.57 Å². The van der Waals surface area contributed by atoms with E-state index in [1.165, 1.54) is 0 Å². The summed E-state index contributed by atoms with van der Waals surface area (Å²) in [6.45, 7) is 8.03. The van der Waals surface area contributed by atoms with Crippen LogP contribution in [0.5, 0.6) is 0 Å². The van der Waals surface area contributed by atoms with Gasteiger partial charge in [-0.3, -0.25) is 0 Å². The highest BCUT2D eigenvalue weighted by Crippen LogP contribution is 2.29. The van der Waals surface area contributed by atoms with E-state index in [4.69, 9.17) is 11.6 Å². The van der Waals surface area contributed by atoms with Crippen LogP contribution >= 0.6 is 11.6 Å². The fourth-order valence-corrected chi connectivity index (χ4v) is 5.54. The molecule has 1 aromatic heterocycles. The van der Waals surface area contributed by atoms with E-state index < -0.39 is 10.0 Å². The van der Waals surface area contributed by atoms with Gasteiger partial charge in [-0.25, -0.2) is 13.4 Å². The van der Waals surface area contributed by atoms with Crippen molar-refractivity contribution in [2.75, 3.05) is 13.1 Å². The van der Waals surface area contributed by atoms with Crippen LogP contribution in [-0.2, 0) is 16.6 Å². The maximum absolute atomic E-state index is 13.0. The molecule has 7 heteroatoms. The van der Waals surface area contributed by atoms with Gasteiger partial charge in [-0.15, -0.1) is 0 Å². The predicted molar refractivity (Wildman–Crippen MR) is 104 cm³/mol. The molecule has 2 heterocycles. The Morgan fingerprint density at radius 1 is 1.27 bits per heavy atom. The summed E-state index contributed by atoms with van der Waals surface area (Å²) < 4.78 is 29.8. The van der Waals surface area contributed by atoms with Gasteiger partial charge in [0.1, 0.15) is 5.82 Å². The van der Waals surface area contributed by atoms with Crippen LogP contribution < -0.4 is 0 Å². The van der Waals surface area contributed by atoms with Crippen molar-refractivity contribution in [3.05, 3.63) is 47.0 Å². The Labute approximate surface area is 161 Å². The van der Waals surface area contributed by atoms with Gasteiger partial charge in [0.2, 0.25) is 10.0 Å². The van der Waals surface area contributed by atoms with Gasteiger partial charge in [-0.05, 0) is 43.4 Å². The first-order valence-corrected chi connectivity index (χ1v) is 10.9. The van der Waals surface area contributed by atoms with Crippen LogP contribution in [0.1, 0.15) is 44.0 Å². The van der Waals surface area contributed by atoms with E-state index in [9.17, 15) is 8.42 Å². The van der Waals surface area contributed by atoms with Crippen LogP contribution in [0.2, 0.25) is 5.02 Å². The Hall–Kier alpha value is -1.37. The molecular formula is C19H26ClN3O2S. The normalized spacial score (nSPS) is 17.1. The zero-order valence-electron chi connectivity index (χ0n) is 15.5. The standard InChI is InChI=1S/C19H26ClN3O2S/c1-14(2)19-21-9-12-22(19)13-16-7-10-23(11-8-16)26(24,25)18-6-4-5-17(20)15(18)3/h4-6,9,12,14,16H,7-8,10-11,13H2,1-3H3. The summed E-state index contributed by atoms with van der Waals surface area (Å²) in [5, 5.41) is 0.488. The second kappa shape index (κ2) is 7.71. The highest BCUT2D eigenvalue weighted by molar-refractivity contribution is 7.89. The average Bonchev–Trinajstić information content (AvgIpc) is 3.06. The number of sulfonamides is 1. The molecule has 3 rings (SSSR count). The van der Waals surface area contributed by atoms with Crippen LogP contribution in [0.4, 0.5) is 0 Å². The summed E-state index contributed by atoms with van der Waals surface area (Å²) in [4.78, 5) is 4.76. The number of hydrogen-bond donors (Lipinski definition) is 0. The topological polar surface area (TPSA) is 55.2 Å². The van der Waals surface area contributed by atoms with Crippen LogP contribution in [0, 0.1) is 12.8 Å². The smallest absolute Gasteiger partial charge is 0.243 e. The Morgan fingerprint density at radius 2 is 1.96 bits per heavy atom. The van der Waals surface area contributed by atoms with Gasteiger partial charge in [0, 0.05) is 43.0 Å². The molecule has 0 unspecified atom stereocenters. The number of aromatic nitrogens is 2. The van der Waals surface area contributed by atoms with E-state index in [2.05, 4.69) is 23.4 Å². The minimum absolute atomic E-state index is 0.320. The number of halogens is 1. The van der Waals surface area contributed by atoms with Crippen molar-refractivity contribution >= 4 is 21.6 Å². The maximum Gasteiger partial charge on any atom is 0.243 e. The van der Waals surface area contributed by atoms with Crippen LogP contribution in [0.3, 0.4) is 0 Å². The minimum atomic E-state index is -3.49. The highest BCUT2D eigenvalue weighted by Gasteiger charge is 2.31.